The van der Waals surface area contributed by atoms with Crippen molar-refractivity contribution in [1.29, 1.82) is 0 Å². The predicted octanol–water partition coefficient (Wildman–Crippen LogP) is 2.88. The van der Waals surface area contributed by atoms with Gasteiger partial charge in [-0.05, 0) is 38.0 Å². The van der Waals surface area contributed by atoms with E-state index in [0.717, 1.165) is 22.4 Å². The molecule has 2 aromatic rings. The summed E-state index contributed by atoms with van der Waals surface area (Å²) in [6.45, 7) is 6.18. The molecule has 0 aliphatic rings. The molecular weight excluding hydrogens is 212 g/mol. The number of aromatic nitrogens is 2. The minimum absolute atomic E-state index is 0.224. The standard InChI is InChI=1S/C14H14N2O/c1-9-6-10(2)14(11(3)7-9)12-4-5-15-13(8-17)16-12/h4-8H,1-3H3. The minimum Gasteiger partial charge on any atom is -0.294 e. The second-order valence-electron chi connectivity index (χ2n) is 4.19. The Bertz CT molecular complexity index is 553. The van der Waals surface area contributed by atoms with Gasteiger partial charge in [-0.3, -0.25) is 4.79 Å². The summed E-state index contributed by atoms with van der Waals surface area (Å²) in [7, 11) is 0. The molecular formula is C14H14N2O. The van der Waals surface area contributed by atoms with Crippen molar-refractivity contribution in [3.05, 3.63) is 46.9 Å². The van der Waals surface area contributed by atoms with Crippen molar-refractivity contribution in [3.8, 4) is 11.3 Å². The van der Waals surface area contributed by atoms with Crippen LogP contribution in [0.15, 0.2) is 24.4 Å². The Hall–Kier alpha value is -2.03. The van der Waals surface area contributed by atoms with Gasteiger partial charge in [0.15, 0.2) is 12.1 Å². The lowest BCUT2D eigenvalue weighted by molar-refractivity contribution is 0.111. The van der Waals surface area contributed by atoms with Crippen molar-refractivity contribution in [2.75, 3.05) is 0 Å². The smallest absolute Gasteiger partial charge is 0.193 e. The van der Waals surface area contributed by atoms with Crippen LogP contribution < -0.4 is 0 Å². The Kier molecular flexibility index (Phi) is 3.00. The van der Waals surface area contributed by atoms with E-state index in [9.17, 15) is 4.79 Å². The van der Waals surface area contributed by atoms with E-state index in [-0.39, 0.29) is 5.82 Å². The molecule has 0 unspecified atom stereocenters. The first-order chi connectivity index (χ1) is 8.11. The molecule has 1 aromatic heterocycles. The highest BCUT2D eigenvalue weighted by molar-refractivity contribution is 5.73. The van der Waals surface area contributed by atoms with Gasteiger partial charge in [-0.15, -0.1) is 0 Å². The first-order valence-electron chi connectivity index (χ1n) is 5.48. The fraction of sp³-hybridized carbons (Fsp3) is 0.214. The van der Waals surface area contributed by atoms with Crippen LogP contribution in [-0.4, -0.2) is 16.3 Å². The third kappa shape index (κ3) is 2.23. The summed E-state index contributed by atoms with van der Waals surface area (Å²) < 4.78 is 0. The zero-order valence-electron chi connectivity index (χ0n) is 10.2. The number of nitrogens with zero attached hydrogens (tertiary/aromatic N) is 2. The van der Waals surface area contributed by atoms with Crippen LogP contribution in [0.25, 0.3) is 11.3 Å². The van der Waals surface area contributed by atoms with Crippen LogP contribution in [0.3, 0.4) is 0 Å². The lowest BCUT2D eigenvalue weighted by atomic mass is 9.97. The van der Waals surface area contributed by atoms with Crippen molar-refractivity contribution in [3.63, 3.8) is 0 Å². The molecule has 1 heterocycles. The highest BCUT2D eigenvalue weighted by Gasteiger charge is 2.08. The molecule has 0 saturated carbocycles. The van der Waals surface area contributed by atoms with Gasteiger partial charge in [0.25, 0.3) is 0 Å². The van der Waals surface area contributed by atoms with Crippen molar-refractivity contribution in [1.82, 2.24) is 9.97 Å². The second-order valence-corrected chi connectivity index (χ2v) is 4.19. The van der Waals surface area contributed by atoms with Crippen molar-refractivity contribution < 1.29 is 4.79 Å². The number of hydrogen-bond acceptors (Lipinski definition) is 3. The molecule has 86 valence electrons. The van der Waals surface area contributed by atoms with E-state index in [4.69, 9.17) is 0 Å². The third-order valence-corrected chi connectivity index (χ3v) is 2.71. The van der Waals surface area contributed by atoms with E-state index in [1.54, 1.807) is 6.20 Å². The number of rotatable bonds is 2. The molecule has 3 nitrogen and oxygen atoms in total. The molecule has 1 aromatic carbocycles. The topological polar surface area (TPSA) is 42.9 Å². The van der Waals surface area contributed by atoms with E-state index >= 15 is 0 Å². The average molecular weight is 226 g/mol. The Labute approximate surface area is 101 Å². The molecule has 17 heavy (non-hydrogen) atoms. The Morgan fingerprint density at radius 3 is 2.35 bits per heavy atom. The number of benzene rings is 1. The van der Waals surface area contributed by atoms with E-state index < -0.39 is 0 Å². The van der Waals surface area contributed by atoms with E-state index in [2.05, 4.69) is 42.9 Å². The van der Waals surface area contributed by atoms with Gasteiger partial charge < -0.3 is 0 Å². The number of aldehydes is 1. The lowest BCUT2D eigenvalue weighted by Crippen LogP contribution is -1.97. The largest absolute Gasteiger partial charge is 0.294 e. The summed E-state index contributed by atoms with van der Waals surface area (Å²) in [5, 5.41) is 0. The van der Waals surface area contributed by atoms with Gasteiger partial charge >= 0.3 is 0 Å². The minimum atomic E-state index is 0.224. The molecule has 0 spiro atoms. The van der Waals surface area contributed by atoms with Crippen molar-refractivity contribution in [2.45, 2.75) is 20.8 Å². The summed E-state index contributed by atoms with van der Waals surface area (Å²) in [5.41, 5.74) is 5.45. The van der Waals surface area contributed by atoms with E-state index in [0.29, 0.717) is 6.29 Å². The predicted molar refractivity (Wildman–Crippen MR) is 67.1 cm³/mol. The summed E-state index contributed by atoms with van der Waals surface area (Å²) >= 11 is 0. The molecule has 0 saturated heterocycles. The summed E-state index contributed by atoms with van der Waals surface area (Å²) in [5.74, 6) is 0.224. The first kappa shape index (κ1) is 11.5. The average Bonchev–Trinajstić information content (AvgIpc) is 2.28. The zero-order valence-corrected chi connectivity index (χ0v) is 10.2. The number of carbonyl (C=O) groups is 1. The van der Waals surface area contributed by atoms with Crippen LogP contribution in [0.2, 0.25) is 0 Å². The first-order valence-corrected chi connectivity index (χ1v) is 5.48. The Balaban J connectivity index is 2.63. The highest BCUT2D eigenvalue weighted by atomic mass is 16.1. The highest BCUT2D eigenvalue weighted by Crippen LogP contribution is 2.26. The molecule has 0 radical (unpaired) electrons. The number of carbonyl (C=O) groups excluding carboxylic acids is 1. The molecule has 0 aliphatic carbocycles. The number of aryl methyl sites for hydroxylation is 3. The number of hydrogen-bond donors (Lipinski definition) is 0. The van der Waals surface area contributed by atoms with Crippen LogP contribution in [-0.2, 0) is 0 Å². The maximum Gasteiger partial charge on any atom is 0.193 e. The van der Waals surface area contributed by atoms with Crippen LogP contribution in [0, 0.1) is 20.8 Å². The molecule has 2 rings (SSSR count). The normalized spacial score (nSPS) is 10.3. The van der Waals surface area contributed by atoms with Gasteiger partial charge in [-0.2, -0.15) is 0 Å². The lowest BCUT2D eigenvalue weighted by Gasteiger charge is -2.10. The summed E-state index contributed by atoms with van der Waals surface area (Å²) in [6.07, 6.45) is 2.28. The summed E-state index contributed by atoms with van der Waals surface area (Å²) in [6, 6.07) is 6.06. The van der Waals surface area contributed by atoms with E-state index in [1.165, 1.54) is 5.56 Å². The monoisotopic (exact) mass is 226 g/mol. The van der Waals surface area contributed by atoms with Crippen LogP contribution >= 0.6 is 0 Å². The molecule has 0 atom stereocenters. The van der Waals surface area contributed by atoms with Gasteiger partial charge in [0.2, 0.25) is 0 Å². The van der Waals surface area contributed by atoms with Crippen LogP contribution in [0.1, 0.15) is 27.3 Å². The molecule has 0 N–H and O–H groups in total. The van der Waals surface area contributed by atoms with Gasteiger partial charge in [-0.1, -0.05) is 17.7 Å². The van der Waals surface area contributed by atoms with Gasteiger partial charge in [0.1, 0.15) is 0 Å². The SMILES string of the molecule is Cc1cc(C)c(-c2ccnc(C=O)n2)c(C)c1. The summed E-state index contributed by atoms with van der Waals surface area (Å²) in [4.78, 5) is 18.8. The molecule has 3 heteroatoms. The second kappa shape index (κ2) is 4.45. The Morgan fingerprint density at radius 2 is 1.76 bits per heavy atom. The third-order valence-electron chi connectivity index (χ3n) is 2.71. The molecule has 0 amide bonds. The van der Waals surface area contributed by atoms with Gasteiger partial charge in [-0.25, -0.2) is 9.97 Å². The van der Waals surface area contributed by atoms with Crippen LogP contribution in [0.4, 0.5) is 0 Å². The maximum atomic E-state index is 10.7. The van der Waals surface area contributed by atoms with Gasteiger partial charge in [0, 0.05) is 11.8 Å². The molecule has 0 bridgehead atoms. The van der Waals surface area contributed by atoms with Crippen LogP contribution in [0.5, 0.6) is 0 Å². The Morgan fingerprint density at radius 1 is 1.12 bits per heavy atom. The fourth-order valence-corrected chi connectivity index (χ4v) is 2.15. The van der Waals surface area contributed by atoms with Gasteiger partial charge in [0.05, 0.1) is 5.69 Å². The zero-order chi connectivity index (χ0) is 12.4. The van der Waals surface area contributed by atoms with Crippen molar-refractivity contribution >= 4 is 6.29 Å². The van der Waals surface area contributed by atoms with Crippen molar-refractivity contribution in [2.24, 2.45) is 0 Å². The molecule has 0 fully saturated rings. The maximum absolute atomic E-state index is 10.7. The molecule has 0 aliphatic heterocycles. The van der Waals surface area contributed by atoms with E-state index in [1.807, 2.05) is 6.07 Å². The fourth-order valence-electron chi connectivity index (χ4n) is 2.15. The quantitative estimate of drug-likeness (QED) is 0.739.